The highest BCUT2D eigenvalue weighted by atomic mass is 19.1. The fourth-order valence-electron chi connectivity index (χ4n) is 5.08. The van der Waals surface area contributed by atoms with Gasteiger partial charge in [0.15, 0.2) is 5.82 Å². The zero-order valence-electron chi connectivity index (χ0n) is 20.4. The Morgan fingerprint density at radius 2 is 1.76 bits per heavy atom. The first kappa shape index (κ1) is 24.1. The second-order valence-corrected chi connectivity index (χ2v) is 9.42. The number of hydrogen-bond acceptors (Lipinski definition) is 5. The van der Waals surface area contributed by atoms with Gasteiger partial charge in [-0.25, -0.2) is 4.98 Å². The molecule has 0 radical (unpaired) electrons. The quantitative estimate of drug-likeness (QED) is 0.621. The zero-order valence-corrected chi connectivity index (χ0v) is 20.4. The smallest absolute Gasteiger partial charge is 0.253 e. The molecule has 1 atom stereocenters. The number of nitrogens with zero attached hydrogens (tertiary/aromatic N) is 5. The molecule has 34 heavy (non-hydrogen) atoms. The van der Waals surface area contributed by atoms with Crippen LogP contribution in [-0.4, -0.2) is 70.5 Å². The van der Waals surface area contributed by atoms with Gasteiger partial charge in [0.2, 0.25) is 5.95 Å². The fourth-order valence-corrected chi connectivity index (χ4v) is 5.08. The standard InChI is InChI=1S/C27H34FN5O/c1-6-19(3)24-25(28)30-26(21(5)29-24)32-15-16-33(20(4)17-32)23-11-13-31(14-12-23)27(34)22-9-7-18(2)8-10-22/h6-10,20,23H,1,3,11-17H2,2,4-5H3. The largest absolute Gasteiger partial charge is 0.352 e. The van der Waals surface area contributed by atoms with Gasteiger partial charge in [0.05, 0.1) is 5.69 Å². The minimum Gasteiger partial charge on any atom is -0.352 e. The van der Waals surface area contributed by atoms with Gasteiger partial charge in [-0.05, 0) is 51.3 Å². The molecule has 0 spiro atoms. The van der Waals surface area contributed by atoms with Crippen molar-refractivity contribution in [3.63, 3.8) is 0 Å². The predicted molar refractivity (Wildman–Crippen MR) is 134 cm³/mol. The first-order valence-corrected chi connectivity index (χ1v) is 12.0. The molecular formula is C27H34FN5O. The summed E-state index contributed by atoms with van der Waals surface area (Å²) in [5.41, 5.74) is 3.21. The SMILES string of the molecule is C=CC(=C)c1nc(C)c(N2CCN(C3CCN(C(=O)c4ccc(C)cc4)CC3)C(C)C2)nc1F. The third-order valence-corrected chi connectivity index (χ3v) is 7.05. The number of anilines is 1. The first-order valence-electron chi connectivity index (χ1n) is 12.0. The highest BCUT2D eigenvalue weighted by molar-refractivity contribution is 5.94. The Kier molecular flexibility index (Phi) is 7.12. The van der Waals surface area contributed by atoms with Crippen LogP contribution < -0.4 is 4.90 Å². The van der Waals surface area contributed by atoms with Crippen molar-refractivity contribution in [1.82, 2.24) is 19.8 Å². The van der Waals surface area contributed by atoms with E-state index >= 15 is 0 Å². The second kappa shape index (κ2) is 10.1. The van der Waals surface area contributed by atoms with Gasteiger partial charge in [-0.2, -0.15) is 9.37 Å². The van der Waals surface area contributed by atoms with E-state index in [-0.39, 0.29) is 11.6 Å². The van der Waals surface area contributed by atoms with E-state index in [2.05, 4.69) is 39.8 Å². The van der Waals surface area contributed by atoms with E-state index < -0.39 is 5.95 Å². The van der Waals surface area contributed by atoms with Crippen molar-refractivity contribution in [1.29, 1.82) is 0 Å². The number of benzene rings is 1. The lowest BCUT2D eigenvalue weighted by Gasteiger charge is -2.46. The average molecular weight is 464 g/mol. The van der Waals surface area contributed by atoms with Crippen LogP contribution in [0.15, 0.2) is 43.5 Å². The molecular weight excluding hydrogens is 429 g/mol. The Morgan fingerprint density at radius 3 is 2.38 bits per heavy atom. The fraction of sp³-hybridized carbons (Fsp3) is 0.444. The van der Waals surface area contributed by atoms with Gasteiger partial charge in [0, 0.05) is 50.4 Å². The Morgan fingerprint density at radius 1 is 1.09 bits per heavy atom. The van der Waals surface area contributed by atoms with Gasteiger partial charge in [-0.3, -0.25) is 9.69 Å². The van der Waals surface area contributed by atoms with Crippen LogP contribution in [0.2, 0.25) is 0 Å². The molecule has 2 fully saturated rings. The molecule has 1 aromatic heterocycles. The van der Waals surface area contributed by atoms with E-state index in [0.29, 0.717) is 29.2 Å². The summed E-state index contributed by atoms with van der Waals surface area (Å²) in [5.74, 6) is 0.115. The molecule has 6 nitrogen and oxygen atoms in total. The van der Waals surface area contributed by atoms with Crippen LogP contribution in [0, 0.1) is 19.8 Å². The topological polar surface area (TPSA) is 52.6 Å². The summed E-state index contributed by atoms with van der Waals surface area (Å²) in [6.07, 6.45) is 3.42. The van der Waals surface area contributed by atoms with E-state index in [0.717, 1.165) is 56.7 Å². The summed E-state index contributed by atoms with van der Waals surface area (Å²) in [6, 6.07) is 8.55. The molecule has 2 aliphatic rings. The van der Waals surface area contributed by atoms with Gasteiger partial charge < -0.3 is 9.80 Å². The van der Waals surface area contributed by atoms with Crippen molar-refractivity contribution < 1.29 is 9.18 Å². The van der Waals surface area contributed by atoms with Crippen LogP contribution in [0.3, 0.4) is 0 Å². The van der Waals surface area contributed by atoms with Gasteiger partial charge in [0.25, 0.3) is 5.91 Å². The number of carbonyl (C=O) groups excluding carboxylic acids is 1. The summed E-state index contributed by atoms with van der Waals surface area (Å²) in [4.78, 5) is 28.1. The molecule has 2 aromatic rings. The molecule has 2 aliphatic heterocycles. The number of likely N-dealkylation sites (tertiary alicyclic amines) is 1. The van der Waals surface area contributed by atoms with Crippen molar-refractivity contribution in [2.75, 3.05) is 37.6 Å². The minimum atomic E-state index is -0.605. The Labute approximate surface area is 201 Å². The van der Waals surface area contributed by atoms with E-state index in [9.17, 15) is 9.18 Å². The Balaban J connectivity index is 1.36. The summed E-state index contributed by atoms with van der Waals surface area (Å²) >= 11 is 0. The van der Waals surface area contributed by atoms with Crippen molar-refractivity contribution in [2.45, 2.75) is 45.7 Å². The molecule has 180 valence electrons. The predicted octanol–water partition coefficient (Wildman–Crippen LogP) is 4.25. The number of piperidine rings is 1. The summed E-state index contributed by atoms with van der Waals surface area (Å²) in [7, 11) is 0. The third-order valence-electron chi connectivity index (χ3n) is 7.05. The molecule has 1 amide bonds. The molecule has 2 saturated heterocycles. The first-order chi connectivity index (χ1) is 16.3. The molecule has 7 heteroatoms. The number of allylic oxidation sites excluding steroid dienone is 2. The number of amides is 1. The van der Waals surface area contributed by atoms with Crippen molar-refractivity contribution in [3.8, 4) is 0 Å². The van der Waals surface area contributed by atoms with Crippen LogP contribution in [0.5, 0.6) is 0 Å². The highest BCUT2D eigenvalue weighted by Crippen LogP contribution is 2.27. The van der Waals surface area contributed by atoms with Crippen molar-refractivity contribution in [2.24, 2.45) is 0 Å². The maximum Gasteiger partial charge on any atom is 0.253 e. The molecule has 0 N–H and O–H groups in total. The lowest BCUT2D eigenvalue weighted by atomic mass is 9.99. The van der Waals surface area contributed by atoms with Crippen molar-refractivity contribution in [3.05, 3.63) is 72.0 Å². The molecule has 0 bridgehead atoms. The number of rotatable bonds is 5. The van der Waals surface area contributed by atoms with E-state index in [1.165, 1.54) is 6.08 Å². The minimum absolute atomic E-state index is 0.120. The molecule has 0 saturated carbocycles. The Hall–Kier alpha value is -3.06. The normalized spacial score (nSPS) is 19.8. The lowest BCUT2D eigenvalue weighted by molar-refractivity contribution is 0.0525. The maximum absolute atomic E-state index is 14.6. The Bertz CT molecular complexity index is 1080. The summed E-state index contributed by atoms with van der Waals surface area (Å²) < 4.78 is 14.6. The monoisotopic (exact) mass is 463 g/mol. The number of halogens is 1. The lowest BCUT2D eigenvalue weighted by Crippen LogP contribution is -2.58. The number of aromatic nitrogens is 2. The molecule has 4 rings (SSSR count). The van der Waals surface area contributed by atoms with Gasteiger partial charge >= 0.3 is 0 Å². The molecule has 1 aromatic carbocycles. The van der Waals surface area contributed by atoms with Gasteiger partial charge in [-0.1, -0.05) is 36.9 Å². The summed E-state index contributed by atoms with van der Waals surface area (Å²) in [5, 5.41) is 0. The number of hydrogen-bond donors (Lipinski definition) is 0. The van der Waals surface area contributed by atoms with Crippen LogP contribution >= 0.6 is 0 Å². The number of piperazine rings is 1. The highest BCUT2D eigenvalue weighted by Gasteiger charge is 2.34. The number of aryl methyl sites for hydroxylation is 2. The maximum atomic E-state index is 14.6. The number of carbonyl (C=O) groups is 1. The second-order valence-electron chi connectivity index (χ2n) is 9.42. The van der Waals surface area contributed by atoms with E-state index in [1.807, 2.05) is 43.0 Å². The average Bonchev–Trinajstić information content (AvgIpc) is 2.85. The zero-order chi connectivity index (χ0) is 24.4. The van der Waals surface area contributed by atoms with E-state index in [4.69, 9.17) is 0 Å². The molecule has 3 heterocycles. The molecule has 0 aliphatic carbocycles. The molecule has 1 unspecified atom stereocenters. The van der Waals surface area contributed by atoms with Gasteiger partial charge in [-0.15, -0.1) is 0 Å². The van der Waals surface area contributed by atoms with Crippen LogP contribution in [0.25, 0.3) is 5.57 Å². The van der Waals surface area contributed by atoms with Gasteiger partial charge in [0.1, 0.15) is 5.69 Å². The van der Waals surface area contributed by atoms with Crippen LogP contribution in [-0.2, 0) is 0 Å². The third kappa shape index (κ3) is 4.89. The van der Waals surface area contributed by atoms with E-state index in [1.54, 1.807) is 0 Å². The van der Waals surface area contributed by atoms with Crippen molar-refractivity contribution >= 4 is 17.3 Å². The van der Waals surface area contributed by atoms with Crippen LogP contribution in [0.4, 0.5) is 10.2 Å². The van der Waals surface area contributed by atoms with Crippen LogP contribution in [0.1, 0.15) is 47.1 Å². The summed E-state index contributed by atoms with van der Waals surface area (Å²) in [6.45, 7) is 17.5.